The van der Waals surface area contributed by atoms with Crippen LogP contribution in [0.5, 0.6) is 0 Å². The summed E-state index contributed by atoms with van der Waals surface area (Å²) in [5.41, 5.74) is 6.39. The Morgan fingerprint density at radius 3 is 2.90 bits per heavy atom. The fourth-order valence-electron chi connectivity index (χ4n) is 3.69. The van der Waals surface area contributed by atoms with Crippen LogP contribution in [0, 0.1) is 13.8 Å². The summed E-state index contributed by atoms with van der Waals surface area (Å²) in [5, 5.41) is 3.96. The molecule has 0 spiro atoms. The van der Waals surface area contributed by atoms with Crippen molar-refractivity contribution in [1.29, 1.82) is 0 Å². The number of aromatic amines is 1. The molecule has 2 N–H and O–H groups in total. The van der Waals surface area contributed by atoms with Crippen molar-refractivity contribution < 1.29 is 9.59 Å². The number of hydrogen-bond donors (Lipinski definition) is 2. The van der Waals surface area contributed by atoms with Crippen molar-refractivity contribution in [3.63, 3.8) is 0 Å². The number of pyridine rings is 1. The molecule has 0 aliphatic carbocycles. The van der Waals surface area contributed by atoms with Crippen molar-refractivity contribution in [2.75, 3.05) is 12.4 Å². The molecule has 0 saturated carbocycles. The molecular weight excluding hydrogens is 364 g/mol. The molecule has 0 radical (unpaired) electrons. The van der Waals surface area contributed by atoms with Crippen LogP contribution >= 0.6 is 0 Å². The lowest BCUT2D eigenvalue weighted by Gasteiger charge is -2.16. The number of nitrogens with zero attached hydrogens (tertiary/aromatic N) is 2. The van der Waals surface area contributed by atoms with Crippen LogP contribution < -0.4 is 5.32 Å². The molecule has 0 saturated heterocycles. The Balaban J connectivity index is 1.47. The first-order valence-electron chi connectivity index (χ1n) is 9.71. The van der Waals surface area contributed by atoms with Crippen molar-refractivity contribution in [1.82, 2.24) is 14.9 Å². The average molecular weight is 388 g/mol. The van der Waals surface area contributed by atoms with Gasteiger partial charge >= 0.3 is 0 Å². The minimum absolute atomic E-state index is 0.00689. The lowest BCUT2D eigenvalue weighted by atomic mass is 10.0. The zero-order chi connectivity index (χ0) is 20.5. The molecule has 1 aliphatic heterocycles. The fourth-order valence-corrected chi connectivity index (χ4v) is 3.69. The van der Waals surface area contributed by atoms with Crippen molar-refractivity contribution in [2.45, 2.75) is 33.2 Å². The zero-order valence-electron chi connectivity index (χ0n) is 16.9. The second-order valence-corrected chi connectivity index (χ2v) is 7.58. The molecule has 6 nitrogen and oxygen atoms in total. The van der Waals surface area contributed by atoms with Crippen LogP contribution in [0.15, 0.2) is 36.5 Å². The van der Waals surface area contributed by atoms with E-state index in [0.29, 0.717) is 25.2 Å². The predicted octanol–water partition coefficient (Wildman–Crippen LogP) is 3.74. The summed E-state index contributed by atoms with van der Waals surface area (Å²) in [6, 6.07) is 8.21. The van der Waals surface area contributed by atoms with E-state index in [2.05, 4.69) is 47.3 Å². The van der Waals surface area contributed by atoms with Crippen LogP contribution in [0.4, 0.5) is 5.82 Å². The van der Waals surface area contributed by atoms with Gasteiger partial charge in [-0.25, -0.2) is 4.98 Å². The van der Waals surface area contributed by atoms with Crippen LogP contribution in [0.3, 0.4) is 0 Å². The maximum Gasteiger partial charge on any atom is 0.246 e. The lowest BCUT2D eigenvalue weighted by molar-refractivity contribution is -0.125. The Labute approximate surface area is 169 Å². The number of benzene rings is 1. The molecule has 3 heterocycles. The quantitative estimate of drug-likeness (QED) is 0.669. The smallest absolute Gasteiger partial charge is 0.246 e. The van der Waals surface area contributed by atoms with Gasteiger partial charge in [0.1, 0.15) is 5.82 Å². The Morgan fingerprint density at radius 1 is 1.28 bits per heavy atom. The Hall–Kier alpha value is -3.41. The highest BCUT2D eigenvalue weighted by Gasteiger charge is 2.16. The number of likely N-dealkylation sites (N-methyl/N-ethyl adjacent to an activating group) is 1. The molecule has 1 aromatic carbocycles. The lowest BCUT2D eigenvalue weighted by Crippen LogP contribution is -2.24. The average Bonchev–Trinajstić information content (AvgIpc) is 3.03. The first kappa shape index (κ1) is 18.9. The molecule has 6 heteroatoms. The van der Waals surface area contributed by atoms with Gasteiger partial charge in [-0.15, -0.1) is 0 Å². The molecule has 0 unspecified atom stereocenters. The van der Waals surface area contributed by atoms with E-state index >= 15 is 0 Å². The van der Waals surface area contributed by atoms with Crippen molar-refractivity contribution >= 4 is 34.6 Å². The molecule has 148 valence electrons. The van der Waals surface area contributed by atoms with Crippen molar-refractivity contribution in [3.05, 3.63) is 64.5 Å². The van der Waals surface area contributed by atoms with Gasteiger partial charge in [-0.2, -0.15) is 0 Å². The number of para-hydroxylation sites is 1. The molecule has 2 aromatic heterocycles. The number of aromatic nitrogens is 2. The van der Waals surface area contributed by atoms with E-state index in [4.69, 9.17) is 0 Å². The minimum atomic E-state index is -0.0780. The molecule has 29 heavy (non-hydrogen) atoms. The third-order valence-electron chi connectivity index (χ3n) is 5.46. The predicted molar refractivity (Wildman–Crippen MR) is 114 cm³/mol. The molecule has 4 rings (SSSR count). The molecule has 0 fully saturated rings. The van der Waals surface area contributed by atoms with Gasteiger partial charge in [0, 0.05) is 42.3 Å². The van der Waals surface area contributed by atoms with Gasteiger partial charge in [-0.3, -0.25) is 9.59 Å². The number of rotatable bonds is 4. The molecule has 0 atom stereocenters. The Morgan fingerprint density at radius 2 is 2.10 bits per heavy atom. The number of carbonyl (C=O) groups is 2. The summed E-state index contributed by atoms with van der Waals surface area (Å²) in [6.07, 6.45) is 6.13. The van der Waals surface area contributed by atoms with E-state index in [0.717, 1.165) is 22.3 Å². The van der Waals surface area contributed by atoms with E-state index in [9.17, 15) is 9.59 Å². The van der Waals surface area contributed by atoms with Crippen LogP contribution in [0.2, 0.25) is 0 Å². The van der Waals surface area contributed by atoms with E-state index < -0.39 is 0 Å². The number of aryl methyl sites for hydroxylation is 3. The van der Waals surface area contributed by atoms with Crippen molar-refractivity contribution in [2.24, 2.45) is 0 Å². The Bertz CT molecular complexity index is 1140. The standard InChI is InChI=1S/C23H24N4O2/c1-14-5-4-6-18-15(2)19(25-22(14)18)13-27(3)21(29)10-7-16-11-17-8-9-20(28)26-23(17)24-12-16/h4-7,10-12,25H,8-9,13H2,1-3H3,(H,24,26,28). The van der Waals surface area contributed by atoms with Gasteiger partial charge in [0.05, 0.1) is 6.54 Å². The molecule has 0 bridgehead atoms. The van der Waals surface area contributed by atoms with Crippen LogP contribution in [0.1, 0.15) is 34.4 Å². The second kappa shape index (κ2) is 7.54. The Kier molecular flexibility index (Phi) is 4.92. The third-order valence-corrected chi connectivity index (χ3v) is 5.46. The van der Waals surface area contributed by atoms with E-state index in [1.54, 1.807) is 30.3 Å². The van der Waals surface area contributed by atoms with Crippen LogP contribution in [-0.4, -0.2) is 33.7 Å². The van der Waals surface area contributed by atoms with Gasteiger partial charge in [-0.1, -0.05) is 18.2 Å². The third kappa shape index (κ3) is 3.78. The summed E-state index contributed by atoms with van der Waals surface area (Å²) >= 11 is 0. The molecule has 1 aliphatic rings. The van der Waals surface area contributed by atoms with Crippen LogP contribution in [-0.2, 0) is 22.6 Å². The number of H-pyrrole nitrogens is 1. The molecule has 3 aromatic rings. The number of nitrogens with one attached hydrogen (secondary N) is 2. The normalized spacial score (nSPS) is 13.6. The highest BCUT2D eigenvalue weighted by Crippen LogP contribution is 2.25. The fraction of sp³-hybridized carbons (Fsp3) is 0.261. The first-order valence-corrected chi connectivity index (χ1v) is 9.71. The van der Waals surface area contributed by atoms with Gasteiger partial charge in [0.15, 0.2) is 0 Å². The van der Waals surface area contributed by atoms with Gasteiger partial charge in [0.25, 0.3) is 0 Å². The SMILES string of the molecule is Cc1c(CN(C)C(=O)C=Cc2cnc3c(c2)CCC(=O)N3)[nH]c2c(C)cccc12. The maximum absolute atomic E-state index is 12.6. The van der Waals surface area contributed by atoms with Gasteiger partial charge in [-0.05, 0) is 54.7 Å². The number of anilines is 1. The molecule has 2 amide bonds. The number of amides is 2. The summed E-state index contributed by atoms with van der Waals surface area (Å²) in [6.45, 7) is 4.68. The number of fused-ring (bicyclic) bond motifs is 2. The first-order chi connectivity index (χ1) is 13.9. The number of carbonyl (C=O) groups excluding carboxylic acids is 2. The largest absolute Gasteiger partial charge is 0.356 e. The number of hydrogen-bond acceptors (Lipinski definition) is 3. The summed E-state index contributed by atoms with van der Waals surface area (Å²) < 4.78 is 0. The topological polar surface area (TPSA) is 78.1 Å². The maximum atomic E-state index is 12.6. The van der Waals surface area contributed by atoms with E-state index in [1.165, 1.54) is 16.5 Å². The molecular formula is C23H24N4O2. The van der Waals surface area contributed by atoms with E-state index in [1.807, 2.05) is 6.07 Å². The van der Waals surface area contributed by atoms with E-state index in [-0.39, 0.29) is 11.8 Å². The minimum Gasteiger partial charge on any atom is -0.356 e. The van der Waals surface area contributed by atoms with Crippen LogP contribution in [0.25, 0.3) is 17.0 Å². The van der Waals surface area contributed by atoms with Gasteiger partial charge < -0.3 is 15.2 Å². The van der Waals surface area contributed by atoms with Gasteiger partial charge in [0.2, 0.25) is 11.8 Å². The highest BCUT2D eigenvalue weighted by atomic mass is 16.2. The highest BCUT2D eigenvalue weighted by molar-refractivity contribution is 5.94. The summed E-state index contributed by atoms with van der Waals surface area (Å²) in [5.74, 6) is 0.532. The summed E-state index contributed by atoms with van der Waals surface area (Å²) in [7, 11) is 1.80. The summed E-state index contributed by atoms with van der Waals surface area (Å²) in [4.78, 5) is 33.5. The monoisotopic (exact) mass is 388 g/mol. The van der Waals surface area contributed by atoms with Crippen molar-refractivity contribution in [3.8, 4) is 0 Å². The zero-order valence-corrected chi connectivity index (χ0v) is 16.9. The second-order valence-electron chi connectivity index (χ2n) is 7.58.